The fraction of sp³-hybridized carbons (Fsp3) is 0.421. The number of hydrogen-bond donors (Lipinski definition) is 2. The van der Waals surface area contributed by atoms with Gasteiger partial charge in [-0.3, -0.25) is 14.9 Å². The zero-order valence-corrected chi connectivity index (χ0v) is 18.6. The van der Waals surface area contributed by atoms with Crippen molar-refractivity contribution in [3.05, 3.63) is 46.7 Å². The number of carbonyl (C=O) groups excluding carboxylic acids is 2. The van der Waals surface area contributed by atoms with E-state index in [1.54, 1.807) is 11.4 Å². The number of amides is 2. The van der Waals surface area contributed by atoms with Gasteiger partial charge in [0.15, 0.2) is 5.13 Å². The van der Waals surface area contributed by atoms with Gasteiger partial charge in [-0.15, -0.1) is 36.2 Å². The van der Waals surface area contributed by atoms with Crippen LogP contribution in [0.3, 0.4) is 0 Å². The molecule has 10 heteroatoms. The highest BCUT2D eigenvalue weighted by molar-refractivity contribution is 7.14. The van der Waals surface area contributed by atoms with Gasteiger partial charge in [0.25, 0.3) is 5.91 Å². The number of nitrogens with two attached hydrogens (primary N) is 1. The van der Waals surface area contributed by atoms with Gasteiger partial charge in [0, 0.05) is 24.5 Å². The van der Waals surface area contributed by atoms with Crippen molar-refractivity contribution in [3.63, 3.8) is 0 Å². The molecule has 2 aromatic rings. The first-order valence-electron chi connectivity index (χ1n) is 8.80. The summed E-state index contributed by atoms with van der Waals surface area (Å²) < 4.78 is 13.7. The van der Waals surface area contributed by atoms with Crippen LogP contribution in [0.1, 0.15) is 36.3 Å². The molecule has 0 spiro atoms. The molecule has 1 aliphatic rings. The van der Waals surface area contributed by atoms with Crippen LogP contribution in [0.25, 0.3) is 0 Å². The number of thiazole rings is 1. The van der Waals surface area contributed by atoms with E-state index in [4.69, 9.17) is 5.73 Å². The third kappa shape index (κ3) is 6.12. The second-order valence-electron chi connectivity index (χ2n) is 7.45. The van der Waals surface area contributed by atoms with E-state index in [1.807, 2.05) is 4.90 Å². The average Bonchev–Trinajstić information content (AvgIpc) is 3.04. The summed E-state index contributed by atoms with van der Waals surface area (Å²) in [4.78, 5) is 30.8. The molecular formula is C19H25Cl2FN4O2S. The summed E-state index contributed by atoms with van der Waals surface area (Å²) >= 11 is 1.21. The zero-order valence-electron chi connectivity index (χ0n) is 16.2. The van der Waals surface area contributed by atoms with Crippen molar-refractivity contribution in [2.24, 2.45) is 11.1 Å². The molecule has 0 aliphatic carbocycles. The van der Waals surface area contributed by atoms with Gasteiger partial charge in [-0.25, -0.2) is 9.37 Å². The summed E-state index contributed by atoms with van der Waals surface area (Å²) in [6, 6.07) is 5.84. The van der Waals surface area contributed by atoms with Gasteiger partial charge in [-0.05, 0) is 24.0 Å². The van der Waals surface area contributed by atoms with Crippen LogP contribution < -0.4 is 11.1 Å². The Bertz CT molecular complexity index is 862. The Morgan fingerprint density at radius 2 is 2.03 bits per heavy atom. The largest absolute Gasteiger partial charge is 0.342 e. The minimum absolute atomic E-state index is 0. The molecule has 0 radical (unpaired) electrons. The van der Waals surface area contributed by atoms with Gasteiger partial charge in [-0.2, -0.15) is 0 Å². The maximum Gasteiger partial charge on any atom is 0.260 e. The van der Waals surface area contributed by atoms with Crippen molar-refractivity contribution >= 4 is 53.1 Å². The first kappa shape index (κ1) is 25.3. The highest BCUT2D eigenvalue weighted by atomic mass is 35.5. The summed E-state index contributed by atoms with van der Waals surface area (Å²) in [5.74, 6) is -1.16. The van der Waals surface area contributed by atoms with Crippen LogP contribution in [-0.2, 0) is 11.2 Å². The van der Waals surface area contributed by atoms with Crippen LogP contribution in [0.5, 0.6) is 0 Å². The summed E-state index contributed by atoms with van der Waals surface area (Å²) in [5.41, 5.74) is 6.54. The van der Waals surface area contributed by atoms with Gasteiger partial charge in [-0.1, -0.05) is 26.0 Å². The van der Waals surface area contributed by atoms with Gasteiger partial charge < -0.3 is 10.6 Å². The lowest BCUT2D eigenvalue weighted by molar-refractivity contribution is -0.133. The lowest BCUT2D eigenvalue weighted by Crippen LogP contribution is -2.54. The monoisotopic (exact) mass is 462 g/mol. The van der Waals surface area contributed by atoms with Gasteiger partial charge in [0.05, 0.1) is 17.7 Å². The molecule has 2 amide bonds. The fourth-order valence-corrected chi connectivity index (χ4v) is 3.81. The molecule has 1 aliphatic heterocycles. The minimum Gasteiger partial charge on any atom is -0.342 e. The second kappa shape index (κ2) is 10.3. The molecule has 0 saturated carbocycles. The molecule has 6 nitrogen and oxygen atoms in total. The second-order valence-corrected chi connectivity index (χ2v) is 8.31. The maximum absolute atomic E-state index is 13.7. The van der Waals surface area contributed by atoms with E-state index >= 15 is 0 Å². The molecule has 1 unspecified atom stereocenters. The van der Waals surface area contributed by atoms with Gasteiger partial charge in [0.2, 0.25) is 5.91 Å². The molecule has 1 aromatic heterocycles. The molecule has 160 valence electrons. The minimum atomic E-state index is -0.590. The number of nitrogens with zero attached hydrogens (tertiary/aromatic N) is 2. The first-order valence-corrected chi connectivity index (χ1v) is 9.68. The Morgan fingerprint density at radius 3 is 2.69 bits per heavy atom. The molecule has 1 saturated heterocycles. The predicted octanol–water partition coefficient (Wildman–Crippen LogP) is 3.51. The lowest BCUT2D eigenvalue weighted by atomic mass is 9.79. The molecule has 1 atom stereocenters. The fourth-order valence-electron chi connectivity index (χ4n) is 3.11. The van der Waals surface area contributed by atoms with E-state index in [1.165, 1.54) is 29.5 Å². The number of carbonyl (C=O) groups is 2. The zero-order chi connectivity index (χ0) is 19.6. The third-order valence-corrected chi connectivity index (χ3v) is 5.69. The van der Waals surface area contributed by atoms with E-state index in [9.17, 15) is 14.0 Å². The Labute approximate surface area is 185 Å². The van der Waals surface area contributed by atoms with E-state index in [-0.39, 0.29) is 54.2 Å². The SMILES string of the molecule is CC1(C)CN(C(=O)Cc2csc(NC(=O)c3ccccc3F)n2)CCC1N.Cl.Cl. The van der Waals surface area contributed by atoms with Crippen molar-refractivity contribution in [2.75, 3.05) is 18.4 Å². The highest BCUT2D eigenvalue weighted by Gasteiger charge is 2.35. The average molecular weight is 463 g/mol. The van der Waals surface area contributed by atoms with Gasteiger partial charge in [0.1, 0.15) is 5.82 Å². The number of hydrogen-bond acceptors (Lipinski definition) is 5. The van der Waals surface area contributed by atoms with Gasteiger partial charge >= 0.3 is 0 Å². The molecule has 2 heterocycles. The standard InChI is InChI=1S/C19H23FN4O2S.2ClH/c1-19(2)11-24(8-7-15(19)21)16(25)9-12-10-27-18(22-12)23-17(26)13-5-3-4-6-14(13)20;;/h3-6,10,15H,7-9,11,21H2,1-2H3,(H,22,23,26);2*1H. The molecule has 1 fully saturated rings. The summed E-state index contributed by atoms with van der Waals surface area (Å²) in [5, 5.41) is 4.65. The molecule has 29 heavy (non-hydrogen) atoms. The molecule has 0 bridgehead atoms. The molecule has 3 rings (SSSR count). The van der Waals surface area contributed by atoms with Crippen LogP contribution in [0, 0.1) is 11.2 Å². The van der Waals surface area contributed by atoms with E-state index in [2.05, 4.69) is 24.1 Å². The maximum atomic E-state index is 13.7. The molecule has 3 N–H and O–H groups in total. The van der Waals surface area contributed by atoms with Crippen molar-refractivity contribution in [3.8, 4) is 0 Å². The number of aromatic nitrogens is 1. The third-order valence-electron chi connectivity index (χ3n) is 4.89. The van der Waals surface area contributed by atoms with Crippen LogP contribution in [0.4, 0.5) is 9.52 Å². The molecule has 1 aromatic carbocycles. The summed E-state index contributed by atoms with van der Waals surface area (Å²) in [7, 11) is 0. The lowest BCUT2D eigenvalue weighted by Gasteiger charge is -2.42. The predicted molar refractivity (Wildman–Crippen MR) is 118 cm³/mol. The summed E-state index contributed by atoms with van der Waals surface area (Å²) in [6.07, 6.45) is 0.942. The van der Waals surface area contributed by atoms with Crippen LogP contribution in [-0.4, -0.2) is 40.8 Å². The van der Waals surface area contributed by atoms with Crippen LogP contribution >= 0.6 is 36.2 Å². The normalized spacial score (nSPS) is 17.7. The quantitative estimate of drug-likeness (QED) is 0.727. The Morgan fingerprint density at radius 1 is 1.34 bits per heavy atom. The van der Waals surface area contributed by atoms with E-state index in [0.29, 0.717) is 23.9 Å². The smallest absolute Gasteiger partial charge is 0.260 e. The number of benzene rings is 1. The van der Waals surface area contributed by atoms with Crippen LogP contribution in [0.2, 0.25) is 0 Å². The number of anilines is 1. The van der Waals surface area contributed by atoms with Crippen LogP contribution in [0.15, 0.2) is 29.6 Å². The molecular weight excluding hydrogens is 438 g/mol. The summed E-state index contributed by atoms with van der Waals surface area (Å²) in [6.45, 7) is 5.39. The highest BCUT2D eigenvalue weighted by Crippen LogP contribution is 2.28. The van der Waals surface area contributed by atoms with Crippen molar-refractivity contribution in [1.82, 2.24) is 9.88 Å². The van der Waals surface area contributed by atoms with Crippen molar-refractivity contribution in [1.29, 1.82) is 0 Å². The first-order chi connectivity index (χ1) is 12.8. The topological polar surface area (TPSA) is 88.3 Å². The van der Waals surface area contributed by atoms with E-state index < -0.39 is 11.7 Å². The Balaban J connectivity index is 0.00000210. The van der Waals surface area contributed by atoms with E-state index in [0.717, 1.165) is 6.42 Å². The Kier molecular flexibility index (Phi) is 9.02. The van der Waals surface area contributed by atoms with Crippen molar-refractivity contribution in [2.45, 2.75) is 32.7 Å². The Hall–Kier alpha value is -1.74. The number of halogens is 3. The number of rotatable bonds is 4. The number of piperidine rings is 1. The number of nitrogens with one attached hydrogen (secondary N) is 1. The number of likely N-dealkylation sites (tertiary alicyclic amines) is 1. The van der Waals surface area contributed by atoms with Crippen molar-refractivity contribution < 1.29 is 14.0 Å².